The lowest BCUT2D eigenvalue weighted by Crippen LogP contribution is -2.06. The van der Waals surface area contributed by atoms with Crippen LogP contribution in [0.4, 0.5) is 10.2 Å². The average Bonchev–Trinajstić information content (AvgIpc) is 2.79. The highest BCUT2D eigenvalue weighted by molar-refractivity contribution is 6.28. The van der Waals surface area contributed by atoms with E-state index in [2.05, 4.69) is 20.3 Å². The molecule has 0 unspecified atom stereocenters. The van der Waals surface area contributed by atoms with Crippen molar-refractivity contribution in [3.05, 3.63) is 47.3 Å². The third-order valence-corrected chi connectivity index (χ3v) is 3.12. The molecule has 2 heterocycles. The Bertz CT molecular complexity index is 771. The second-order valence-electron chi connectivity index (χ2n) is 4.31. The Morgan fingerprint density at radius 3 is 2.90 bits per heavy atom. The fourth-order valence-electron chi connectivity index (χ4n) is 1.97. The predicted molar refractivity (Wildman–Crippen MR) is 75.0 cm³/mol. The minimum Gasteiger partial charge on any atom is -0.364 e. The number of hydrogen-bond donors (Lipinski definition) is 1. The first-order valence-electron chi connectivity index (χ1n) is 5.97. The first kappa shape index (κ1) is 12.8. The van der Waals surface area contributed by atoms with Crippen molar-refractivity contribution in [2.75, 3.05) is 5.32 Å². The van der Waals surface area contributed by atoms with E-state index in [1.54, 1.807) is 29.1 Å². The lowest BCUT2D eigenvalue weighted by Gasteiger charge is -2.08. The van der Waals surface area contributed by atoms with Crippen LogP contribution < -0.4 is 5.32 Å². The second-order valence-corrected chi connectivity index (χ2v) is 4.65. The number of aromatic nitrogens is 4. The van der Waals surface area contributed by atoms with Gasteiger partial charge in [-0.3, -0.25) is 0 Å². The molecular weight excluding hydrogens is 281 g/mol. The normalized spacial score (nSPS) is 10.9. The van der Waals surface area contributed by atoms with Crippen LogP contribution >= 0.6 is 11.6 Å². The molecule has 5 nitrogen and oxygen atoms in total. The molecule has 0 bridgehead atoms. The highest BCUT2D eigenvalue weighted by Crippen LogP contribution is 2.21. The fraction of sp³-hybridized carbons (Fsp3) is 0.154. The van der Waals surface area contributed by atoms with Gasteiger partial charge in [-0.1, -0.05) is 18.2 Å². The third-order valence-electron chi connectivity index (χ3n) is 2.95. The van der Waals surface area contributed by atoms with Crippen molar-refractivity contribution < 1.29 is 4.39 Å². The maximum atomic E-state index is 13.6. The first-order valence-corrected chi connectivity index (χ1v) is 6.35. The molecule has 0 radical (unpaired) electrons. The summed E-state index contributed by atoms with van der Waals surface area (Å²) in [6.07, 6.45) is 1.63. The monoisotopic (exact) mass is 291 g/mol. The van der Waals surface area contributed by atoms with Gasteiger partial charge >= 0.3 is 0 Å². The molecule has 1 aromatic carbocycles. The second kappa shape index (κ2) is 5.05. The number of nitrogens with zero attached hydrogens (tertiary/aromatic N) is 4. The maximum absolute atomic E-state index is 13.6. The third kappa shape index (κ3) is 2.30. The Kier molecular flexibility index (Phi) is 3.23. The molecule has 0 atom stereocenters. The van der Waals surface area contributed by atoms with Crippen LogP contribution in [0.5, 0.6) is 0 Å². The molecule has 0 saturated heterocycles. The molecule has 3 aromatic rings. The van der Waals surface area contributed by atoms with E-state index in [9.17, 15) is 4.39 Å². The Morgan fingerprint density at radius 1 is 1.30 bits per heavy atom. The van der Waals surface area contributed by atoms with Gasteiger partial charge in [0.2, 0.25) is 5.28 Å². The lowest BCUT2D eigenvalue weighted by atomic mass is 10.2. The van der Waals surface area contributed by atoms with E-state index in [0.29, 0.717) is 23.6 Å². The van der Waals surface area contributed by atoms with Crippen molar-refractivity contribution in [1.82, 2.24) is 19.5 Å². The number of halogens is 2. The van der Waals surface area contributed by atoms with E-state index in [0.717, 1.165) is 5.52 Å². The van der Waals surface area contributed by atoms with Crippen molar-refractivity contribution in [3.63, 3.8) is 0 Å². The predicted octanol–water partition coefficient (Wildman–Crippen LogP) is 2.77. The van der Waals surface area contributed by atoms with Gasteiger partial charge in [0.05, 0.1) is 6.33 Å². The van der Waals surface area contributed by atoms with Crippen molar-refractivity contribution in [2.24, 2.45) is 7.05 Å². The molecular formula is C13H11ClFN5. The summed E-state index contributed by atoms with van der Waals surface area (Å²) in [5, 5.41) is 3.18. The Labute approximate surface area is 119 Å². The Balaban J connectivity index is 1.95. The molecule has 20 heavy (non-hydrogen) atoms. The summed E-state index contributed by atoms with van der Waals surface area (Å²) >= 11 is 5.86. The number of anilines is 1. The summed E-state index contributed by atoms with van der Waals surface area (Å²) in [7, 11) is 1.83. The summed E-state index contributed by atoms with van der Waals surface area (Å²) in [6.45, 7) is 0.306. The van der Waals surface area contributed by atoms with Crippen molar-refractivity contribution in [1.29, 1.82) is 0 Å². The topological polar surface area (TPSA) is 55.6 Å². The molecule has 0 aliphatic heterocycles. The molecule has 2 aromatic heterocycles. The standard InChI is InChI=1S/C13H11ClFN5/c1-20-7-17-12-10(20)11(18-13(14)19-12)16-6-8-4-2-3-5-9(8)15/h2-5,7H,6H2,1H3,(H,16,18,19). The van der Waals surface area contributed by atoms with E-state index in [4.69, 9.17) is 11.6 Å². The molecule has 3 rings (SSSR count). The highest BCUT2D eigenvalue weighted by Gasteiger charge is 2.11. The molecule has 102 valence electrons. The van der Waals surface area contributed by atoms with Crippen molar-refractivity contribution in [3.8, 4) is 0 Å². The number of rotatable bonds is 3. The zero-order chi connectivity index (χ0) is 14.1. The van der Waals surface area contributed by atoms with Crippen LogP contribution in [0.3, 0.4) is 0 Å². The summed E-state index contributed by atoms with van der Waals surface area (Å²) in [6, 6.07) is 6.57. The lowest BCUT2D eigenvalue weighted by molar-refractivity contribution is 0.613. The van der Waals surface area contributed by atoms with E-state index in [1.165, 1.54) is 6.07 Å². The smallest absolute Gasteiger partial charge is 0.226 e. The van der Waals surface area contributed by atoms with Crippen LogP contribution in [0, 0.1) is 5.82 Å². The molecule has 7 heteroatoms. The number of benzene rings is 1. The maximum Gasteiger partial charge on any atom is 0.226 e. The van der Waals surface area contributed by atoms with E-state index in [1.807, 2.05) is 7.05 Å². The van der Waals surface area contributed by atoms with E-state index in [-0.39, 0.29) is 11.1 Å². The zero-order valence-corrected chi connectivity index (χ0v) is 11.4. The van der Waals surface area contributed by atoms with Crippen LogP contribution in [0.25, 0.3) is 11.2 Å². The fourth-order valence-corrected chi connectivity index (χ4v) is 2.14. The minimum absolute atomic E-state index is 0.104. The molecule has 0 aliphatic carbocycles. The van der Waals surface area contributed by atoms with Gasteiger partial charge in [-0.2, -0.15) is 9.97 Å². The van der Waals surface area contributed by atoms with Gasteiger partial charge < -0.3 is 9.88 Å². The van der Waals surface area contributed by atoms with E-state index < -0.39 is 0 Å². The molecule has 0 saturated carbocycles. The largest absolute Gasteiger partial charge is 0.364 e. The number of nitrogens with one attached hydrogen (secondary N) is 1. The summed E-state index contributed by atoms with van der Waals surface area (Å²) < 4.78 is 15.4. The van der Waals surface area contributed by atoms with Crippen LogP contribution in [0.2, 0.25) is 5.28 Å². The summed E-state index contributed by atoms with van der Waals surface area (Å²) in [4.78, 5) is 12.3. The SMILES string of the molecule is Cn1cnc2nc(Cl)nc(NCc3ccccc3F)c21. The summed E-state index contributed by atoms with van der Waals surface area (Å²) in [5.41, 5.74) is 1.78. The van der Waals surface area contributed by atoms with Gasteiger partial charge in [0, 0.05) is 19.2 Å². The zero-order valence-electron chi connectivity index (χ0n) is 10.6. The van der Waals surface area contributed by atoms with Crippen molar-refractivity contribution >= 4 is 28.6 Å². The molecule has 0 aliphatic rings. The number of fused-ring (bicyclic) bond motifs is 1. The van der Waals surface area contributed by atoms with Gasteiger partial charge in [0.15, 0.2) is 11.5 Å². The molecule has 1 N–H and O–H groups in total. The van der Waals surface area contributed by atoms with E-state index >= 15 is 0 Å². The Hall–Kier alpha value is -2.21. The number of imidazole rings is 1. The highest BCUT2D eigenvalue weighted by atomic mass is 35.5. The molecule has 0 amide bonds. The molecule has 0 spiro atoms. The van der Waals surface area contributed by atoms with Gasteiger partial charge in [0.25, 0.3) is 0 Å². The van der Waals surface area contributed by atoms with Crippen LogP contribution in [-0.2, 0) is 13.6 Å². The van der Waals surface area contributed by atoms with Crippen LogP contribution in [-0.4, -0.2) is 19.5 Å². The summed E-state index contributed by atoms with van der Waals surface area (Å²) in [5.74, 6) is 0.268. The number of aryl methyl sites for hydroxylation is 1. The van der Waals surface area contributed by atoms with Crippen LogP contribution in [0.15, 0.2) is 30.6 Å². The molecule has 0 fully saturated rings. The van der Waals surface area contributed by atoms with Gasteiger partial charge in [-0.15, -0.1) is 0 Å². The van der Waals surface area contributed by atoms with Gasteiger partial charge in [-0.05, 0) is 17.7 Å². The minimum atomic E-state index is -0.263. The first-order chi connectivity index (χ1) is 9.65. The van der Waals surface area contributed by atoms with Crippen LogP contribution in [0.1, 0.15) is 5.56 Å². The quantitative estimate of drug-likeness (QED) is 0.754. The van der Waals surface area contributed by atoms with Gasteiger partial charge in [-0.25, -0.2) is 9.37 Å². The Morgan fingerprint density at radius 2 is 2.10 bits per heavy atom. The number of hydrogen-bond acceptors (Lipinski definition) is 4. The average molecular weight is 292 g/mol. The van der Waals surface area contributed by atoms with Crippen molar-refractivity contribution in [2.45, 2.75) is 6.54 Å². The van der Waals surface area contributed by atoms with Gasteiger partial charge in [0.1, 0.15) is 11.3 Å².